The highest BCUT2D eigenvalue weighted by molar-refractivity contribution is 6.62. The van der Waals surface area contributed by atoms with Crippen molar-refractivity contribution in [2.24, 2.45) is 0 Å². The number of carbonyl (C=O) groups is 1. The first-order valence-corrected chi connectivity index (χ1v) is 10.6. The molecule has 0 radical (unpaired) electrons. The summed E-state index contributed by atoms with van der Waals surface area (Å²) >= 11 is 0. The first-order valence-electron chi connectivity index (χ1n) is 10.6. The van der Waals surface area contributed by atoms with Crippen LogP contribution in [-0.4, -0.2) is 36.7 Å². The van der Waals surface area contributed by atoms with Gasteiger partial charge in [0.2, 0.25) is 11.8 Å². The van der Waals surface area contributed by atoms with Gasteiger partial charge in [-0.3, -0.25) is 4.79 Å². The maximum absolute atomic E-state index is 13.7. The average molecular weight is 463 g/mol. The summed E-state index contributed by atoms with van der Waals surface area (Å²) < 4.78 is 64.1. The van der Waals surface area contributed by atoms with Gasteiger partial charge in [-0.1, -0.05) is 18.2 Å². The molecule has 2 aliphatic rings. The topological polar surface area (TPSA) is 66.9 Å². The maximum Gasteiger partial charge on any atom is 0.495 e. The molecule has 0 unspecified atom stereocenters. The minimum absolute atomic E-state index is 0.225. The summed E-state index contributed by atoms with van der Waals surface area (Å²) in [5.41, 5.74) is 0.0824. The zero-order chi connectivity index (χ0) is 24.2. The van der Waals surface area contributed by atoms with Crippen LogP contribution in [0.25, 0.3) is 0 Å². The molecule has 176 valence electrons. The Balaban J connectivity index is 1.69. The third kappa shape index (κ3) is 4.10. The molecule has 0 amide bonds. The van der Waals surface area contributed by atoms with Gasteiger partial charge in [-0.25, -0.2) is 0 Å². The Morgan fingerprint density at radius 1 is 1.15 bits per heavy atom. The van der Waals surface area contributed by atoms with E-state index in [0.29, 0.717) is 18.9 Å². The molecule has 2 aromatic rings. The number of pyridine rings is 1. The van der Waals surface area contributed by atoms with Crippen LogP contribution in [0.5, 0.6) is 11.8 Å². The second-order valence-corrected chi connectivity index (χ2v) is 9.20. The molecule has 1 aliphatic heterocycles. The molecule has 1 fully saturated rings. The summed E-state index contributed by atoms with van der Waals surface area (Å²) in [4.78, 5) is 15.0. The number of fused-ring (bicyclic) bond motifs is 1. The quantitative estimate of drug-likeness (QED) is 0.487. The molecule has 0 bridgehead atoms. The Kier molecular flexibility index (Phi) is 5.73. The zero-order valence-corrected chi connectivity index (χ0v) is 19.1. The molecular formula is C23H25BF3NO5. The van der Waals surface area contributed by atoms with Crippen molar-refractivity contribution in [2.45, 2.75) is 64.0 Å². The number of rotatable bonds is 5. The number of aldehydes is 1. The third-order valence-electron chi connectivity index (χ3n) is 6.62. The molecule has 6 nitrogen and oxygen atoms in total. The summed E-state index contributed by atoms with van der Waals surface area (Å²) in [6.07, 6.45) is -4.08. The number of nitrogens with zero attached hydrogens (tertiary/aromatic N) is 1. The fraction of sp³-hybridized carbons (Fsp3) is 0.478. The average Bonchev–Trinajstić information content (AvgIpc) is 3.23. The summed E-state index contributed by atoms with van der Waals surface area (Å²) in [6, 6.07) is 6.25. The molecule has 4 rings (SSSR count). The lowest BCUT2D eigenvalue weighted by Crippen LogP contribution is -2.41. The Morgan fingerprint density at radius 3 is 2.39 bits per heavy atom. The van der Waals surface area contributed by atoms with Crippen molar-refractivity contribution in [1.82, 2.24) is 4.98 Å². The first kappa shape index (κ1) is 23.6. The minimum Gasteiger partial charge on any atom is -0.480 e. The third-order valence-corrected chi connectivity index (χ3v) is 6.62. The van der Waals surface area contributed by atoms with Gasteiger partial charge in [0.25, 0.3) is 0 Å². The van der Waals surface area contributed by atoms with E-state index in [9.17, 15) is 18.0 Å². The van der Waals surface area contributed by atoms with Gasteiger partial charge < -0.3 is 18.8 Å². The van der Waals surface area contributed by atoms with E-state index in [1.807, 2.05) is 45.9 Å². The highest BCUT2D eigenvalue weighted by atomic mass is 19.4. The molecule has 10 heteroatoms. The van der Waals surface area contributed by atoms with Crippen LogP contribution < -0.4 is 14.9 Å². The number of hydrogen-bond donors (Lipinski definition) is 0. The number of aromatic nitrogens is 1. The molecule has 2 heterocycles. The van der Waals surface area contributed by atoms with Crippen LogP contribution in [0.1, 0.15) is 67.3 Å². The predicted octanol–water partition coefficient (Wildman–Crippen LogP) is 4.29. The van der Waals surface area contributed by atoms with E-state index in [2.05, 4.69) is 4.98 Å². The molecule has 1 aromatic carbocycles. The van der Waals surface area contributed by atoms with E-state index in [-0.39, 0.29) is 17.7 Å². The van der Waals surface area contributed by atoms with E-state index in [1.165, 1.54) is 7.11 Å². The maximum atomic E-state index is 13.7. The largest absolute Gasteiger partial charge is 0.495 e. The molecule has 1 aliphatic carbocycles. The molecule has 0 saturated carbocycles. The van der Waals surface area contributed by atoms with E-state index in [1.54, 1.807) is 0 Å². The monoisotopic (exact) mass is 463 g/mol. The predicted molar refractivity (Wildman–Crippen MR) is 115 cm³/mol. The van der Waals surface area contributed by atoms with Gasteiger partial charge in [0.15, 0.2) is 6.29 Å². The van der Waals surface area contributed by atoms with Crippen molar-refractivity contribution in [3.05, 3.63) is 46.5 Å². The number of carbonyl (C=O) groups excluding carboxylic acids is 1. The van der Waals surface area contributed by atoms with Gasteiger partial charge in [-0.2, -0.15) is 18.2 Å². The SMILES string of the molecule is COc1nc(O[C@H]2CCc3c(B4OC(C)(C)C(C)(C)O4)cccc32)c(C(F)(F)F)cc1C=O. The van der Waals surface area contributed by atoms with Crippen LogP contribution in [0.4, 0.5) is 13.2 Å². The lowest BCUT2D eigenvalue weighted by molar-refractivity contribution is -0.139. The van der Waals surface area contributed by atoms with Gasteiger partial charge >= 0.3 is 13.3 Å². The van der Waals surface area contributed by atoms with Gasteiger partial charge in [-0.15, -0.1) is 0 Å². The molecular weight excluding hydrogens is 438 g/mol. The second-order valence-electron chi connectivity index (χ2n) is 9.20. The lowest BCUT2D eigenvalue weighted by atomic mass is 9.75. The van der Waals surface area contributed by atoms with Crippen LogP contribution >= 0.6 is 0 Å². The van der Waals surface area contributed by atoms with E-state index < -0.39 is 42.0 Å². The van der Waals surface area contributed by atoms with E-state index in [4.69, 9.17) is 18.8 Å². The van der Waals surface area contributed by atoms with Crippen molar-refractivity contribution in [2.75, 3.05) is 7.11 Å². The highest BCUT2D eigenvalue weighted by Gasteiger charge is 2.52. The van der Waals surface area contributed by atoms with Crippen LogP contribution in [0.2, 0.25) is 0 Å². The van der Waals surface area contributed by atoms with E-state index >= 15 is 0 Å². The Hall–Kier alpha value is -2.59. The smallest absolute Gasteiger partial charge is 0.480 e. The Bertz CT molecular complexity index is 1070. The number of halogens is 3. The van der Waals surface area contributed by atoms with Crippen LogP contribution in [0.3, 0.4) is 0 Å². The summed E-state index contributed by atoms with van der Waals surface area (Å²) in [7, 11) is 0.646. The number of ether oxygens (including phenoxy) is 2. The fourth-order valence-corrected chi connectivity index (χ4v) is 4.13. The molecule has 1 atom stereocenters. The van der Waals surface area contributed by atoms with Crippen molar-refractivity contribution >= 4 is 18.9 Å². The van der Waals surface area contributed by atoms with Crippen molar-refractivity contribution in [1.29, 1.82) is 0 Å². The summed E-state index contributed by atoms with van der Waals surface area (Å²) in [6.45, 7) is 7.84. The van der Waals surface area contributed by atoms with Gasteiger partial charge in [0.1, 0.15) is 11.7 Å². The van der Waals surface area contributed by atoms with Crippen molar-refractivity contribution in [3.8, 4) is 11.8 Å². The van der Waals surface area contributed by atoms with Crippen molar-refractivity contribution in [3.63, 3.8) is 0 Å². The normalized spacial score (nSPS) is 21.1. The summed E-state index contributed by atoms with van der Waals surface area (Å²) in [5.74, 6) is -0.846. The number of methoxy groups -OCH3 is 1. The number of benzene rings is 1. The van der Waals surface area contributed by atoms with Crippen LogP contribution in [0.15, 0.2) is 24.3 Å². The Morgan fingerprint density at radius 2 is 1.82 bits per heavy atom. The zero-order valence-electron chi connectivity index (χ0n) is 19.1. The van der Waals surface area contributed by atoms with Crippen LogP contribution in [0, 0.1) is 0 Å². The first-order chi connectivity index (χ1) is 15.4. The number of alkyl halides is 3. The fourth-order valence-electron chi connectivity index (χ4n) is 4.13. The van der Waals surface area contributed by atoms with Gasteiger partial charge in [0, 0.05) is 0 Å². The van der Waals surface area contributed by atoms with Crippen LogP contribution in [-0.2, 0) is 21.9 Å². The van der Waals surface area contributed by atoms with Gasteiger partial charge in [0.05, 0.1) is 23.9 Å². The molecule has 0 N–H and O–H groups in total. The molecule has 1 saturated heterocycles. The van der Waals surface area contributed by atoms with Gasteiger partial charge in [-0.05, 0) is 63.2 Å². The minimum atomic E-state index is -4.75. The number of hydrogen-bond acceptors (Lipinski definition) is 6. The molecule has 33 heavy (non-hydrogen) atoms. The molecule has 0 spiro atoms. The second kappa shape index (κ2) is 8.02. The standard InChI is InChI=1S/C23H25BF3NO5/c1-21(2)22(3,4)33-24(32-21)17-8-6-7-15-14(17)9-10-18(15)31-20-16(23(25,26)27)11-13(12-29)19(28-20)30-5/h6-8,11-12,18H,9-10H2,1-5H3/t18-/m0/s1. The Labute approximate surface area is 190 Å². The van der Waals surface area contributed by atoms with E-state index in [0.717, 1.165) is 16.6 Å². The highest BCUT2D eigenvalue weighted by Crippen LogP contribution is 2.42. The van der Waals surface area contributed by atoms with Crippen molar-refractivity contribution < 1.29 is 36.7 Å². The lowest BCUT2D eigenvalue weighted by Gasteiger charge is -2.32. The summed E-state index contributed by atoms with van der Waals surface area (Å²) in [5, 5.41) is 0. The molecule has 1 aromatic heterocycles.